The van der Waals surface area contributed by atoms with Crippen LogP contribution in [0.4, 0.5) is 5.13 Å². The summed E-state index contributed by atoms with van der Waals surface area (Å²) in [7, 11) is 0. The van der Waals surface area contributed by atoms with Crippen molar-refractivity contribution in [3.63, 3.8) is 0 Å². The Labute approximate surface area is 166 Å². The number of carbonyl (C=O) groups excluding carboxylic acids is 2. The fourth-order valence-electron chi connectivity index (χ4n) is 2.50. The van der Waals surface area contributed by atoms with E-state index in [-0.39, 0.29) is 5.56 Å². The number of aromatic nitrogens is 1. The largest absolute Gasteiger partial charge is 0.494 e. The van der Waals surface area contributed by atoms with Crippen LogP contribution in [0, 0.1) is 0 Å². The molecule has 0 aliphatic heterocycles. The summed E-state index contributed by atoms with van der Waals surface area (Å²) in [6, 6.07) is 12.3. The zero-order valence-corrected chi connectivity index (χ0v) is 16.4. The Kier molecular flexibility index (Phi) is 6.44. The van der Waals surface area contributed by atoms with Gasteiger partial charge in [-0.25, -0.2) is 9.78 Å². The number of benzene rings is 2. The number of nitrogens with one attached hydrogen (secondary N) is 1. The number of rotatable bonds is 8. The molecule has 0 saturated heterocycles. The van der Waals surface area contributed by atoms with E-state index < -0.39 is 18.5 Å². The number of fused-ring (bicyclic) bond motifs is 1. The number of thiazole rings is 1. The first-order valence-electron chi connectivity index (χ1n) is 8.83. The van der Waals surface area contributed by atoms with Gasteiger partial charge >= 0.3 is 5.97 Å². The molecule has 7 nitrogen and oxygen atoms in total. The topological polar surface area (TPSA) is 86.8 Å². The molecule has 0 spiro atoms. The van der Waals surface area contributed by atoms with E-state index >= 15 is 0 Å². The lowest BCUT2D eigenvalue weighted by Crippen LogP contribution is -2.21. The standard InChI is InChI=1S/C20H20N2O5S/c1-3-25-13-9-10-15-17(11-13)28-20(21-15)22-18(23)12-27-19(24)14-7-5-6-8-16(14)26-4-2/h5-11H,3-4,12H2,1-2H3,(H,21,22,23). The third-order valence-electron chi connectivity index (χ3n) is 3.66. The third-order valence-corrected chi connectivity index (χ3v) is 4.59. The molecule has 0 aliphatic rings. The summed E-state index contributed by atoms with van der Waals surface area (Å²) in [5.41, 5.74) is 1.03. The number of anilines is 1. The molecule has 0 unspecified atom stereocenters. The average Bonchev–Trinajstić information content (AvgIpc) is 3.08. The molecule has 8 heteroatoms. The summed E-state index contributed by atoms with van der Waals surface area (Å²) in [6.07, 6.45) is 0. The highest BCUT2D eigenvalue weighted by Crippen LogP contribution is 2.29. The van der Waals surface area contributed by atoms with Crippen molar-refractivity contribution in [1.82, 2.24) is 4.98 Å². The van der Waals surface area contributed by atoms with Crippen LogP contribution in [0.5, 0.6) is 11.5 Å². The van der Waals surface area contributed by atoms with Crippen molar-refractivity contribution in [3.05, 3.63) is 48.0 Å². The molecular formula is C20H20N2O5S. The lowest BCUT2D eigenvalue weighted by atomic mass is 10.2. The van der Waals surface area contributed by atoms with Gasteiger partial charge in [0.15, 0.2) is 11.7 Å². The summed E-state index contributed by atoms with van der Waals surface area (Å²) in [5.74, 6) is 0.0845. The summed E-state index contributed by atoms with van der Waals surface area (Å²) in [6.45, 7) is 4.32. The minimum atomic E-state index is -0.621. The number of esters is 1. The Balaban J connectivity index is 1.60. The van der Waals surface area contributed by atoms with Gasteiger partial charge in [0, 0.05) is 0 Å². The Hall–Kier alpha value is -3.13. The van der Waals surface area contributed by atoms with Crippen molar-refractivity contribution in [2.24, 2.45) is 0 Å². The van der Waals surface area contributed by atoms with Gasteiger partial charge in [-0.15, -0.1) is 0 Å². The molecule has 1 N–H and O–H groups in total. The van der Waals surface area contributed by atoms with Crippen molar-refractivity contribution in [3.8, 4) is 11.5 Å². The normalized spacial score (nSPS) is 10.5. The molecule has 3 aromatic rings. The van der Waals surface area contributed by atoms with Crippen LogP contribution in [0.3, 0.4) is 0 Å². The maximum absolute atomic E-state index is 12.2. The van der Waals surface area contributed by atoms with Crippen LogP contribution in [0.15, 0.2) is 42.5 Å². The SMILES string of the molecule is CCOc1ccc2nc(NC(=O)COC(=O)c3ccccc3OCC)sc2c1. The molecule has 0 fully saturated rings. The van der Waals surface area contributed by atoms with E-state index in [1.807, 2.05) is 32.0 Å². The van der Waals surface area contributed by atoms with E-state index in [2.05, 4.69) is 10.3 Å². The van der Waals surface area contributed by atoms with Crippen molar-refractivity contribution in [2.75, 3.05) is 25.1 Å². The van der Waals surface area contributed by atoms with Gasteiger partial charge in [-0.05, 0) is 44.2 Å². The first-order valence-corrected chi connectivity index (χ1v) is 9.64. The minimum Gasteiger partial charge on any atom is -0.494 e. The molecule has 3 rings (SSSR count). The highest BCUT2D eigenvalue weighted by atomic mass is 32.1. The van der Waals surface area contributed by atoms with Crippen LogP contribution in [-0.2, 0) is 9.53 Å². The Morgan fingerprint density at radius 2 is 1.86 bits per heavy atom. The molecule has 0 aliphatic carbocycles. The number of para-hydroxylation sites is 1. The average molecular weight is 400 g/mol. The smallest absolute Gasteiger partial charge is 0.342 e. The molecule has 28 heavy (non-hydrogen) atoms. The second kappa shape index (κ2) is 9.18. The quantitative estimate of drug-likeness (QED) is 0.577. The number of nitrogens with zero attached hydrogens (tertiary/aromatic N) is 1. The van der Waals surface area contributed by atoms with Gasteiger partial charge in [-0.2, -0.15) is 0 Å². The van der Waals surface area contributed by atoms with Gasteiger partial charge in [-0.3, -0.25) is 10.1 Å². The summed E-state index contributed by atoms with van der Waals surface area (Å²) in [5, 5.41) is 3.08. The predicted octanol–water partition coefficient (Wildman–Crippen LogP) is 3.89. The molecule has 0 atom stereocenters. The van der Waals surface area contributed by atoms with Gasteiger partial charge in [-0.1, -0.05) is 23.5 Å². The fourth-order valence-corrected chi connectivity index (χ4v) is 3.41. The Morgan fingerprint density at radius 1 is 1.07 bits per heavy atom. The summed E-state index contributed by atoms with van der Waals surface area (Å²) < 4.78 is 16.9. The lowest BCUT2D eigenvalue weighted by molar-refractivity contribution is -0.119. The predicted molar refractivity (Wildman–Crippen MR) is 107 cm³/mol. The molecule has 2 aromatic carbocycles. The maximum Gasteiger partial charge on any atom is 0.342 e. The van der Waals surface area contributed by atoms with Gasteiger partial charge in [0.2, 0.25) is 0 Å². The number of amides is 1. The Morgan fingerprint density at radius 3 is 2.64 bits per heavy atom. The molecule has 1 amide bonds. The van der Waals surface area contributed by atoms with Crippen molar-refractivity contribution in [2.45, 2.75) is 13.8 Å². The molecule has 0 radical (unpaired) electrons. The summed E-state index contributed by atoms with van der Waals surface area (Å²) >= 11 is 1.32. The molecule has 146 valence electrons. The molecular weight excluding hydrogens is 380 g/mol. The van der Waals surface area contributed by atoms with E-state index in [1.54, 1.807) is 24.3 Å². The number of hydrogen-bond acceptors (Lipinski definition) is 7. The van der Waals surface area contributed by atoms with Gasteiger partial charge in [0.05, 0.1) is 23.4 Å². The van der Waals surface area contributed by atoms with Crippen LogP contribution in [0.1, 0.15) is 24.2 Å². The van der Waals surface area contributed by atoms with E-state index in [0.29, 0.717) is 24.1 Å². The van der Waals surface area contributed by atoms with Gasteiger partial charge < -0.3 is 14.2 Å². The molecule has 1 aromatic heterocycles. The number of hydrogen-bond donors (Lipinski definition) is 1. The van der Waals surface area contributed by atoms with E-state index in [4.69, 9.17) is 14.2 Å². The number of carbonyl (C=O) groups is 2. The van der Waals surface area contributed by atoms with Crippen LogP contribution >= 0.6 is 11.3 Å². The van der Waals surface area contributed by atoms with Crippen molar-refractivity contribution >= 4 is 38.6 Å². The second-order valence-electron chi connectivity index (χ2n) is 5.64. The highest BCUT2D eigenvalue weighted by molar-refractivity contribution is 7.22. The summed E-state index contributed by atoms with van der Waals surface area (Å²) in [4.78, 5) is 28.7. The zero-order valence-electron chi connectivity index (χ0n) is 15.6. The minimum absolute atomic E-state index is 0.278. The number of ether oxygens (including phenoxy) is 3. The first kappa shape index (κ1) is 19.6. The maximum atomic E-state index is 12.2. The van der Waals surface area contributed by atoms with E-state index in [1.165, 1.54) is 11.3 Å². The third kappa shape index (κ3) is 4.77. The fraction of sp³-hybridized carbons (Fsp3) is 0.250. The van der Waals surface area contributed by atoms with E-state index in [0.717, 1.165) is 16.0 Å². The van der Waals surface area contributed by atoms with Crippen LogP contribution in [0.25, 0.3) is 10.2 Å². The first-order chi connectivity index (χ1) is 13.6. The van der Waals surface area contributed by atoms with Gasteiger partial charge in [0.25, 0.3) is 5.91 Å². The molecule has 1 heterocycles. The van der Waals surface area contributed by atoms with Crippen molar-refractivity contribution in [1.29, 1.82) is 0 Å². The van der Waals surface area contributed by atoms with Crippen LogP contribution in [0.2, 0.25) is 0 Å². The second-order valence-corrected chi connectivity index (χ2v) is 6.67. The monoisotopic (exact) mass is 400 g/mol. The lowest BCUT2D eigenvalue weighted by Gasteiger charge is -2.09. The van der Waals surface area contributed by atoms with Crippen LogP contribution in [-0.4, -0.2) is 36.7 Å². The van der Waals surface area contributed by atoms with Crippen molar-refractivity contribution < 1.29 is 23.8 Å². The molecule has 0 saturated carbocycles. The van der Waals surface area contributed by atoms with E-state index in [9.17, 15) is 9.59 Å². The molecule has 0 bridgehead atoms. The van der Waals surface area contributed by atoms with Crippen LogP contribution < -0.4 is 14.8 Å². The zero-order chi connectivity index (χ0) is 19.9. The highest BCUT2D eigenvalue weighted by Gasteiger charge is 2.16. The van der Waals surface area contributed by atoms with Gasteiger partial charge in [0.1, 0.15) is 17.1 Å². The Bertz CT molecular complexity index is 986.